The number of hydrogen-bond donors (Lipinski definition) is 4. The van der Waals surface area contributed by atoms with E-state index < -0.39 is 0 Å². The summed E-state index contributed by atoms with van der Waals surface area (Å²) in [6.07, 6.45) is 3.51. The van der Waals surface area contributed by atoms with Gasteiger partial charge in [-0.15, -0.1) is 0 Å². The van der Waals surface area contributed by atoms with Crippen molar-refractivity contribution < 1.29 is 19.9 Å². The second-order valence-electron chi connectivity index (χ2n) is 7.49. The summed E-state index contributed by atoms with van der Waals surface area (Å²) in [6.45, 7) is 0.414. The number of amides is 1. The molecule has 8 nitrogen and oxygen atoms in total. The summed E-state index contributed by atoms with van der Waals surface area (Å²) in [5, 5.41) is 24.8. The van der Waals surface area contributed by atoms with Crippen molar-refractivity contribution in [3.8, 4) is 5.88 Å². The van der Waals surface area contributed by atoms with Crippen LogP contribution in [0.15, 0.2) is 52.6 Å². The van der Waals surface area contributed by atoms with Crippen LogP contribution in [0, 0.1) is 0 Å². The van der Waals surface area contributed by atoms with Gasteiger partial charge in [0.2, 0.25) is 5.91 Å². The first-order valence-electron chi connectivity index (χ1n) is 10.4. The zero-order chi connectivity index (χ0) is 22.5. The van der Waals surface area contributed by atoms with Gasteiger partial charge in [0.05, 0.1) is 11.3 Å². The molecule has 0 fully saturated rings. The molecule has 0 atom stereocenters. The lowest BCUT2D eigenvalue weighted by atomic mass is 10.0. The van der Waals surface area contributed by atoms with Crippen LogP contribution in [-0.4, -0.2) is 39.2 Å². The van der Waals surface area contributed by atoms with E-state index in [0.717, 1.165) is 41.4 Å². The Balaban J connectivity index is 1.49. The number of hydroxylamine groups is 1. The van der Waals surface area contributed by atoms with E-state index in [4.69, 9.17) is 26.6 Å². The topological polar surface area (TPSA) is 119 Å². The largest absolute Gasteiger partial charge is 0.494 e. The molecular weight excluding hydrogens is 432 g/mol. The Morgan fingerprint density at radius 1 is 1.16 bits per heavy atom. The van der Waals surface area contributed by atoms with Gasteiger partial charge in [0, 0.05) is 27.9 Å². The zero-order valence-electron chi connectivity index (χ0n) is 17.3. The van der Waals surface area contributed by atoms with Crippen molar-refractivity contribution in [3.63, 3.8) is 0 Å². The normalized spacial score (nSPS) is 13.9. The maximum absolute atomic E-state index is 11.0. The number of oxime groups is 1. The van der Waals surface area contributed by atoms with Crippen molar-refractivity contribution in [3.05, 3.63) is 58.6 Å². The fourth-order valence-electron chi connectivity index (χ4n) is 3.70. The molecule has 0 bridgehead atoms. The number of nitrogens with zero attached hydrogens (tertiary/aromatic N) is 2. The first-order valence-corrected chi connectivity index (χ1v) is 10.8. The van der Waals surface area contributed by atoms with E-state index >= 15 is 0 Å². The lowest BCUT2D eigenvalue weighted by Gasteiger charge is -2.06. The van der Waals surface area contributed by atoms with E-state index in [2.05, 4.69) is 10.1 Å². The number of nitrogens with one attached hydrogen (secondary N) is 2. The molecule has 0 saturated carbocycles. The number of H-pyrrole nitrogens is 1. The third-order valence-electron chi connectivity index (χ3n) is 5.26. The van der Waals surface area contributed by atoms with Crippen molar-refractivity contribution in [2.75, 3.05) is 6.61 Å². The van der Waals surface area contributed by atoms with Crippen LogP contribution < -0.4 is 5.48 Å². The van der Waals surface area contributed by atoms with Crippen molar-refractivity contribution in [2.24, 2.45) is 10.1 Å². The second-order valence-corrected chi connectivity index (χ2v) is 7.92. The van der Waals surface area contributed by atoms with Gasteiger partial charge in [0.1, 0.15) is 18.0 Å². The predicted molar refractivity (Wildman–Crippen MR) is 123 cm³/mol. The number of unbranched alkanes of at least 4 members (excludes halogenated alkanes) is 3. The van der Waals surface area contributed by atoms with E-state index in [1.54, 1.807) is 23.7 Å². The molecule has 2 aromatic carbocycles. The Labute approximate surface area is 189 Å². The highest BCUT2D eigenvalue weighted by molar-refractivity contribution is 6.58. The number of halogens is 1. The quantitative estimate of drug-likeness (QED) is 0.210. The van der Waals surface area contributed by atoms with E-state index in [-0.39, 0.29) is 11.8 Å². The molecular formula is C23H23ClN4O4. The van der Waals surface area contributed by atoms with Gasteiger partial charge in [-0.2, -0.15) is 0 Å². The Kier molecular flexibility index (Phi) is 6.72. The number of para-hydroxylation sites is 1. The van der Waals surface area contributed by atoms with Gasteiger partial charge in [-0.05, 0) is 43.5 Å². The molecule has 32 heavy (non-hydrogen) atoms. The molecule has 4 N–H and O–H groups in total. The maximum atomic E-state index is 11.0. The molecule has 1 aliphatic heterocycles. The van der Waals surface area contributed by atoms with Crippen molar-refractivity contribution in [1.82, 2.24) is 10.5 Å². The number of rotatable bonds is 9. The van der Waals surface area contributed by atoms with Crippen molar-refractivity contribution in [1.29, 1.82) is 0 Å². The number of fused-ring (bicyclic) bond motifs is 2. The Bertz CT molecular complexity index is 1200. The fraction of sp³-hybridized carbons (Fsp3) is 0.261. The molecule has 0 aliphatic carbocycles. The summed E-state index contributed by atoms with van der Waals surface area (Å²) in [5.74, 6) is -0.380. The summed E-state index contributed by atoms with van der Waals surface area (Å²) in [7, 11) is 0. The lowest BCUT2D eigenvalue weighted by Crippen LogP contribution is -2.17. The Hall–Kier alpha value is -3.36. The highest BCUT2D eigenvalue weighted by Crippen LogP contribution is 2.36. The molecule has 166 valence electrons. The molecule has 0 spiro atoms. The molecule has 0 saturated heterocycles. The van der Waals surface area contributed by atoms with E-state index in [1.165, 1.54) is 0 Å². The summed E-state index contributed by atoms with van der Waals surface area (Å²) < 4.78 is 0. The van der Waals surface area contributed by atoms with Crippen molar-refractivity contribution >= 4 is 45.5 Å². The fourth-order valence-corrected chi connectivity index (χ4v) is 3.87. The summed E-state index contributed by atoms with van der Waals surface area (Å²) in [4.78, 5) is 24.3. The number of aliphatic imine (C=N–C) groups is 1. The minimum absolute atomic E-state index is 0.00608. The second kappa shape index (κ2) is 9.84. The number of hydrogen-bond acceptors (Lipinski definition) is 6. The van der Waals surface area contributed by atoms with Gasteiger partial charge in [0.25, 0.3) is 0 Å². The van der Waals surface area contributed by atoms with Crippen LogP contribution in [-0.2, 0) is 9.63 Å². The number of aromatic hydroxyl groups is 1. The number of aromatic amines is 1. The third-order valence-corrected chi connectivity index (χ3v) is 5.50. The minimum Gasteiger partial charge on any atom is -0.494 e. The van der Waals surface area contributed by atoms with Crippen LogP contribution in [0.25, 0.3) is 10.9 Å². The lowest BCUT2D eigenvalue weighted by molar-refractivity contribution is -0.129. The van der Waals surface area contributed by atoms with Crippen LogP contribution >= 0.6 is 11.6 Å². The van der Waals surface area contributed by atoms with Crippen LogP contribution in [0.2, 0.25) is 5.02 Å². The summed E-state index contributed by atoms with van der Waals surface area (Å²) in [6, 6.07) is 12.9. The SMILES string of the molecule is O=C(CCCCCCO/N=C1/C(c2c(O)[nH]c3ccc(Cl)cc23)=Nc2ccccc21)NO. The number of aromatic nitrogens is 1. The van der Waals surface area contributed by atoms with E-state index in [9.17, 15) is 9.90 Å². The first kappa shape index (κ1) is 21.9. The monoisotopic (exact) mass is 454 g/mol. The van der Waals surface area contributed by atoms with Crippen LogP contribution in [0.5, 0.6) is 5.88 Å². The summed E-state index contributed by atoms with van der Waals surface area (Å²) >= 11 is 6.19. The van der Waals surface area contributed by atoms with Gasteiger partial charge >= 0.3 is 0 Å². The Morgan fingerprint density at radius 2 is 1.97 bits per heavy atom. The Morgan fingerprint density at radius 3 is 2.81 bits per heavy atom. The van der Waals surface area contributed by atoms with E-state index in [0.29, 0.717) is 41.5 Å². The van der Waals surface area contributed by atoms with Crippen molar-refractivity contribution in [2.45, 2.75) is 32.1 Å². The zero-order valence-corrected chi connectivity index (χ0v) is 18.0. The molecule has 0 unspecified atom stereocenters. The molecule has 1 aliphatic rings. The molecule has 0 radical (unpaired) electrons. The molecule has 1 amide bonds. The highest BCUT2D eigenvalue weighted by Gasteiger charge is 2.29. The van der Waals surface area contributed by atoms with Crippen LogP contribution in [0.4, 0.5) is 5.69 Å². The van der Waals surface area contributed by atoms with Gasteiger partial charge in [-0.1, -0.05) is 41.4 Å². The molecule has 1 aromatic heterocycles. The van der Waals surface area contributed by atoms with Gasteiger partial charge in [-0.25, -0.2) is 10.5 Å². The average Bonchev–Trinajstić information content (AvgIpc) is 3.31. The summed E-state index contributed by atoms with van der Waals surface area (Å²) in [5.41, 5.74) is 5.56. The van der Waals surface area contributed by atoms with Gasteiger partial charge < -0.3 is 14.9 Å². The minimum atomic E-state index is -0.374. The predicted octanol–water partition coefficient (Wildman–Crippen LogP) is 4.84. The molecule has 3 aromatic rings. The van der Waals surface area contributed by atoms with Crippen LogP contribution in [0.1, 0.15) is 43.2 Å². The average molecular weight is 455 g/mol. The standard InChI is InChI=1S/C23H23ClN4O4/c24-14-10-11-18-16(13-14)20(23(30)26-18)22-21(15-7-4-5-8-17(15)25-22)28-32-12-6-2-1-3-9-19(29)27-31/h4-5,7-8,10-11,13,26,30-31H,1-3,6,9,12H2,(H,27,29)/b28-21+. The molecule has 4 rings (SSSR count). The number of benzene rings is 2. The maximum Gasteiger partial charge on any atom is 0.243 e. The third kappa shape index (κ3) is 4.61. The van der Waals surface area contributed by atoms with E-state index in [1.807, 2.05) is 24.3 Å². The number of carbonyl (C=O) groups is 1. The number of carbonyl (C=O) groups excluding carboxylic acids is 1. The highest BCUT2D eigenvalue weighted by atomic mass is 35.5. The van der Waals surface area contributed by atoms with Gasteiger partial charge in [-0.3, -0.25) is 10.0 Å². The molecule has 2 heterocycles. The molecule has 9 heteroatoms. The first-order chi connectivity index (χ1) is 15.6. The van der Waals surface area contributed by atoms with Gasteiger partial charge in [0.15, 0.2) is 5.88 Å². The van der Waals surface area contributed by atoms with Crippen LogP contribution in [0.3, 0.4) is 0 Å². The smallest absolute Gasteiger partial charge is 0.243 e.